The first-order valence-corrected chi connectivity index (χ1v) is 10.4. The Morgan fingerprint density at radius 2 is 1.88 bits per heavy atom. The van der Waals surface area contributed by atoms with Gasteiger partial charge in [0.1, 0.15) is 5.82 Å². The van der Waals surface area contributed by atoms with Crippen molar-refractivity contribution in [3.8, 4) is 11.1 Å². The van der Waals surface area contributed by atoms with Crippen LogP contribution in [0.4, 0.5) is 28.0 Å². The van der Waals surface area contributed by atoms with Crippen LogP contribution in [0.15, 0.2) is 53.3 Å². The van der Waals surface area contributed by atoms with Gasteiger partial charge < -0.3 is 10.2 Å². The number of anilines is 1. The fraction of sp³-hybridized carbons (Fsp3) is 0.261. The highest BCUT2D eigenvalue weighted by Crippen LogP contribution is 2.43. The van der Waals surface area contributed by atoms with E-state index >= 15 is 0 Å². The molecule has 1 saturated heterocycles. The Labute approximate surface area is 185 Å². The minimum atomic E-state index is -4.77. The van der Waals surface area contributed by atoms with Crippen LogP contribution in [0.3, 0.4) is 0 Å². The van der Waals surface area contributed by atoms with Gasteiger partial charge in [0, 0.05) is 12.1 Å². The van der Waals surface area contributed by atoms with Gasteiger partial charge in [-0.25, -0.2) is 14.3 Å². The van der Waals surface area contributed by atoms with Crippen LogP contribution >= 0.6 is 0 Å². The summed E-state index contributed by atoms with van der Waals surface area (Å²) in [5, 5.41) is 8.92. The molecule has 0 unspecified atom stereocenters. The molecule has 170 valence electrons. The Morgan fingerprint density at radius 1 is 1.12 bits per heavy atom. The lowest BCUT2D eigenvalue weighted by molar-refractivity contribution is -0.137. The average molecular weight is 458 g/mol. The number of aromatic nitrogens is 2. The Bertz CT molecular complexity index is 1290. The molecule has 2 atom stereocenters. The lowest BCUT2D eigenvalue weighted by Gasteiger charge is -2.35. The van der Waals surface area contributed by atoms with E-state index in [1.54, 1.807) is 18.2 Å². The van der Waals surface area contributed by atoms with Crippen molar-refractivity contribution in [1.29, 1.82) is 0 Å². The minimum Gasteiger partial charge on any atom is -0.313 e. The minimum absolute atomic E-state index is 0.211. The molecule has 2 aromatic carbocycles. The van der Waals surface area contributed by atoms with E-state index in [0.29, 0.717) is 31.0 Å². The van der Waals surface area contributed by atoms with Crippen molar-refractivity contribution in [3.05, 3.63) is 81.5 Å². The molecule has 1 aromatic heterocycles. The maximum Gasteiger partial charge on any atom is 0.417 e. The molecule has 1 fully saturated rings. The number of hydrogen-bond acceptors (Lipinski definition) is 3. The van der Waals surface area contributed by atoms with Gasteiger partial charge in [0.15, 0.2) is 0 Å². The number of hydrogen-bond donors (Lipinski definition) is 2. The number of rotatable bonds is 2. The highest BCUT2D eigenvalue weighted by Gasteiger charge is 2.44. The van der Waals surface area contributed by atoms with Crippen molar-refractivity contribution in [1.82, 2.24) is 15.1 Å². The molecule has 6 nitrogen and oxygen atoms in total. The monoisotopic (exact) mass is 458 g/mol. The number of urea groups is 1. The number of nitrogens with zero attached hydrogens (tertiary/aromatic N) is 2. The highest BCUT2D eigenvalue weighted by atomic mass is 19.4. The molecule has 0 saturated carbocycles. The second-order valence-corrected chi connectivity index (χ2v) is 8.17. The Morgan fingerprint density at radius 3 is 2.61 bits per heavy atom. The summed E-state index contributed by atoms with van der Waals surface area (Å²) in [6.45, 7) is 0. The van der Waals surface area contributed by atoms with Gasteiger partial charge in [-0.1, -0.05) is 30.3 Å². The van der Waals surface area contributed by atoms with Crippen LogP contribution in [0.25, 0.3) is 11.1 Å². The summed E-state index contributed by atoms with van der Waals surface area (Å²) in [5.41, 5.74) is -0.424. The van der Waals surface area contributed by atoms with Crippen LogP contribution in [0.5, 0.6) is 0 Å². The molecule has 5 rings (SSSR count). The third-order valence-electron chi connectivity index (χ3n) is 6.17. The summed E-state index contributed by atoms with van der Waals surface area (Å²) in [4.78, 5) is 26.2. The quantitative estimate of drug-likeness (QED) is 0.537. The normalized spacial score (nSPS) is 19.3. The molecular formula is C23H18F4N4O2. The van der Waals surface area contributed by atoms with Crippen LogP contribution in [0.1, 0.15) is 35.7 Å². The Hall–Kier alpha value is -3.69. The Balaban J connectivity index is 1.49. The summed E-state index contributed by atoms with van der Waals surface area (Å²) in [5.74, 6) is -1.18. The third kappa shape index (κ3) is 3.75. The van der Waals surface area contributed by atoms with E-state index in [-0.39, 0.29) is 28.4 Å². The van der Waals surface area contributed by atoms with Crippen LogP contribution in [0.2, 0.25) is 0 Å². The van der Waals surface area contributed by atoms with Crippen LogP contribution < -0.4 is 10.9 Å². The van der Waals surface area contributed by atoms with Gasteiger partial charge in [0.25, 0.3) is 5.56 Å². The summed E-state index contributed by atoms with van der Waals surface area (Å²) in [6, 6.07) is 9.45. The summed E-state index contributed by atoms with van der Waals surface area (Å²) in [7, 11) is 0. The Kier molecular flexibility index (Phi) is 4.95. The second-order valence-electron chi connectivity index (χ2n) is 8.17. The standard InChI is InChI=1S/C23H18F4N4O2/c24-17-11-16(23(25,26)27)15(12-4-2-1-3-5-12)10-18(17)28-22(33)31-14-6-7-19(31)21-13(8-14)9-20(32)29-30-21/h1-5,9-11,14,19H,6-8H2,(H,28,33)(H,29,32)/t14-,19+/m0/s1. The van der Waals surface area contributed by atoms with Gasteiger partial charge in [-0.3, -0.25) is 4.79 Å². The molecule has 10 heteroatoms. The van der Waals surface area contributed by atoms with Gasteiger partial charge in [-0.05, 0) is 48.1 Å². The smallest absolute Gasteiger partial charge is 0.313 e. The van der Waals surface area contributed by atoms with Crippen LogP contribution in [-0.4, -0.2) is 27.2 Å². The van der Waals surface area contributed by atoms with Crippen LogP contribution in [0, 0.1) is 5.82 Å². The third-order valence-corrected chi connectivity index (χ3v) is 6.17. The van der Waals surface area contributed by atoms with Gasteiger partial charge in [-0.2, -0.15) is 18.3 Å². The van der Waals surface area contributed by atoms with Crippen molar-refractivity contribution in [2.75, 3.05) is 5.32 Å². The topological polar surface area (TPSA) is 78.1 Å². The van der Waals surface area contributed by atoms with Gasteiger partial charge in [-0.15, -0.1) is 0 Å². The van der Waals surface area contributed by atoms with E-state index in [9.17, 15) is 27.2 Å². The number of nitrogens with one attached hydrogen (secondary N) is 2. The number of aromatic amines is 1. The molecule has 2 N–H and O–H groups in total. The van der Waals surface area contributed by atoms with Crippen LogP contribution in [-0.2, 0) is 12.6 Å². The molecular weight excluding hydrogens is 440 g/mol. The summed E-state index contributed by atoms with van der Waals surface area (Å²) in [6.07, 6.45) is -3.05. The van der Waals surface area contributed by atoms with E-state index in [4.69, 9.17) is 0 Å². The molecule has 0 radical (unpaired) electrons. The molecule has 3 aromatic rings. The van der Waals surface area contributed by atoms with Crippen molar-refractivity contribution in [3.63, 3.8) is 0 Å². The first kappa shape index (κ1) is 21.2. The van der Waals surface area contributed by atoms with E-state index in [0.717, 1.165) is 11.6 Å². The zero-order valence-electron chi connectivity index (χ0n) is 17.1. The number of amides is 2. The number of benzene rings is 2. The SMILES string of the molecule is O=C(Nc1cc(-c2ccccc2)c(C(F)(F)F)cc1F)N1[C@H]2CC[C@@H]1c1n[nH]c(=O)cc1C2. The zero-order chi connectivity index (χ0) is 23.3. The van der Waals surface area contributed by atoms with Crippen molar-refractivity contribution in [2.24, 2.45) is 0 Å². The molecule has 3 heterocycles. The molecule has 0 aliphatic carbocycles. The zero-order valence-corrected chi connectivity index (χ0v) is 17.1. The van der Waals surface area contributed by atoms with Crippen molar-refractivity contribution >= 4 is 11.7 Å². The lowest BCUT2D eigenvalue weighted by Crippen LogP contribution is -2.45. The van der Waals surface area contributed by atoms with Gasteiger partial charge >= 0.3 is 12.2 Å². The summed E-state index contributed by atoms with van der Waals surface area (Å²) < 4.78 is 55.5. The van der Waals surface area contributed by atoms with Gasteiger partial charge in [0.05, 0.1) is 23.0 Å². The fourth-order valence-corrected chi connectivity index (χ4v) is 4.76. The molecule has 2 aliphatic heterocycles. The summed E-state index contributed by atoms with van der Waals surface area (Å²) >= 11 is 0. The number of alkyl halides is 3. The first-order chi connectivity index (χ1) is 15.7. The highest BCUT2D eigenvalue weighted by molar-refractivity contribution is 5.91. The van der Waals surface area contributed by atoms with E-state index in [2.05, 4.69) is 15.5 Å². The number of carbonyl (C=O) groups is 1. The van der Waals surface area contributed by atoms with E-state index < -0.39 is 29.6 Å². The maximum absolute atomic E-state index is 14.7. The van der Waals surface area contributed by atoms with E-state index in [1.165, 1.54) is 23.1 Å². The predicted molar refractivity (Wildman–Crippen MR) is 112 cm³/mol. The van der Waals surface area contributed by atoms with Crippen molar-refractivity contribution in [2.45, 2.75) is 37.5 Å². The lowest BCUT2D eigenvalue weighted by atomic mass is 9.98. The molecule has 0 spiro atoms. The number of H-pyrrole nitrogens is 1. The largest absolute Gasteiger partial charge is 0.417 e. The average Bonchev–Trinajstić information content (AvgIpc) is 3.09. The fourth-order valence-electron chi connectivity index (χ4n) is 4.76. The number of carbonyl (C=O) groups excluding carboxylic acids is 1. The number of halogens is 4. The number of fused-ring (bicyclic) bond motifs is 4. The van der Waals surface area contributed by atoms with E-state index in [1.807, 2.05) is 0 Å². The first-order valence-electron chi connectivity index (χ1n) is 10.4. The molecule has 2 amide bonds. The van der Waals surface area contributed by atoms with Crippen molar-refractivity contribution < 1.29 is 22.4 Å². The molecule has 33 heavy (non-hydrogen) atoms. The predicted octanol–water partition coefficient (Wildman–Crippen LogP) is 4.89. The molecule has 2 aliphatic rings. The maximum atomic E-state index is 14.7. The van der Waals surface area contributed by atoms with Gasteiger partial charge in [0.2, 0.25) is 0 Å². The molecule has 2 bridgehead atoms. The second kappa shape index (κ2) is 7.72.